The number of nitrogens with two attached hydrogens (primary N) is 1. The number of benzene rings is 1. The lowest BCUT2D eigenvalue weighted by Gasteiger charge is -2.11. The highest BCUT2D eigenvalue weighted by Gasteiger charge is 2.36. The van der Waals surface area contributed by atoms with Crippen molar-refractivity contribution in [1.29, 1.82) is 0 Å². The average molecular weight is 277 g/mol. The third kappa shape index (κ3) is 2.38. The van der Waals surface area contributed by atoms with Crippen LogP contribution in [0.3, 0.4) is 0 Å². The maximum atomic E-state index is 13.4. The minimum Gasteiger partial charge on any atom is -0.396 e. The number of nitrogen functional groups attached to an aromatic ring is 1. The fourth-order valence-electron chi connectivity index (χ4n) is 2.18. The fraction of sp³-hybridized carbons (Fsp3) is 0.429. The van der Waals surface area contributed by atoms with Crippen molar-refractivity contribution < 1.29 is 13.7 Å². The molecule has 106 valence electrons. The van der Waals surface area contributed by atoms with E-state index in [4.69, 9.17) is 15.0 Å². The summed E-state index contributed by atoms with van der Waals surface area (Å²) in [5, 5.41) is 3.95. The summed E-state index contributed by atoms with van der Waals surface area (Å²) in [7, 11) is 0. The topological polar surface area (TPSA) is 74.2 Å². The van der Waals surface area contributed by atoms with E-state index < -0.39 is 5.82 Å². The van der Waals surface area contributed by atoms with Gasteiger partial charge in [0.15, 0.2) is 0 Å². The highest BCUT2D eigenvalue weighted by atomic mass is 19.1. The van der Waals surface area contributed by atoms with Gasteiger partial charge in [-0.15, -0.1) is 0 Å². The van der Waals surface area contributed by atoms with E-state index in [2.05, 4.69) is 10.1 Å². The summed E-state index contributed by atoms with van der Waals surface area (Å²) in [6.07, 6.45) is 2.07. The van der Waals surface area contributed by atoms with E-state index in [1.165, 1.54) is 6.07 Å². The van der Waals surface area contributed by atoms with Gasteiger partial charge in [0.25, 0.3) is 5.89 Å². The van der Waals surface area contributed by atoms with E-state index in [1.807, 2.05) is 6.92 Å². The van der Waals surface area contributed by atoms with Gasteiger partial charge in [-0.3, -0.25) is 0 Å². The lowest BCUT2D eigenvalue weighted by molar-refractivity contribution is 0.0385. The van der Waals surface area contributed by atoms with Crippen molar-refractivity contribution in [2.75, 3.05) is 12.3 Å². The first-order chi connectivity index (χ1) is 9.70. The van der Waals surface area contributed by atoms with Crippen LogP contribution >= 0.6 is 0 Å². The summed E-state index contributed by atoms with van der Waals surface area (Å²) < 4.78 is 24.3. The summed E-state index contributed by atoms with van der Waals surface area (Å²) in [4.78, 5) is 4.31. The van der Waals surface area contributed by atoms with E-state index in [-0.39, 0.29) is 17.7 Å². The number of hydrogen-bond acceptors (Lipinski definition) is 5. The molecule has 0 amide bonds. The molecule has 1 saturated carbocycles. The molecule has 2 aromatic rings. The Morgan fingerprint density at radius 3 is 3.00 bits per heavy atom. The zero-order valence-corrected chi connectivity index (χ0v) is 11.2. The molecule has 20 heavy (non-hydrogen) atoms. The summed E-state index contributed by atoms with van der Waals surface area (Å²) in [6.45, 7) is 2.52. The van der Waals surface area contributed by atoms with E-state index in [9.17, 15) is 4.39 Å². The van der Waals surface area contributed by atoms with Crippen molar-refractivity contribution in [1.82, 2.24) is 10.1 Å². The van der Waals surface area contributed by atoms with E-state index in [1.54, 1.807) is 12.1 Å². The largest absolute Gasteiger partial charge is 0.396 e. The summed E-state index contributed by atoms with van der Waals surface area (Å²) in [5.74, 6) is 0.687. The molecule has 1 unspecified atom stereocenters. The van der Waals surface area contributed by atoms with Crippen LogP contribution in [0.25, 0.3) is 11.5 Å². The minimum absolute atomic E-state index is 0.0158. The van der Waals surface area contributed by atoms with Crippen molar-refractivity contribution in [2.45, 2.75) is 25.9 Å². The SMILES string of the molecule is CCOC(c1noc(-c2cccc(F)c2N)n1)C1CC1. The Morgan fingerprint density at radius 2 is 2.30 bits per heavy atom. The minimum atomic E-state index is -0.495. The lowest BCUT2D eigenvalue weighted by atomic mass is 10.1. The first-order valence-corrected chi connectivity index (χ1v) is 6.70. The van der Waals surface area contributed by atoms with Crippen LogP contribution in [0.2, 0.25) is 0 Å². The first kappa shape index (κ1) is 13.1. The number of halogens is 1. The van der Waals surface area contributed by atoms with Crippen molar-refractivity contribution in [3.05, 3.63) is 29.8 Å². The van der Waals surface area contributed by atoms with Crippen molar-refractivity contribution >= 4 is 5.69 Å². The highest BCUT2D eigenvalue weighted by molar-refractivity contribution is 5.70. The average Bonchev–Trinajstić information content (AvgIpc) is 3.17. The second kappa shape index (κ2) is 5.20. The van der Waals surface area contributed by atoms with Crippen LogP contribution in [0, 0.1) is 11.7 Å². The molecule has 6 heteroatoms. The van der Waals surface area contributed by atoms with Crippen LogP contribution in [-0.2, 0) is 4.74 Å². The predicted molar refractivity (Wildman–Crippen MR) is 71.2 cm³/mol. The Labute approximate surface area is 115 Å². The summed E-state index contributed by atoms with van der Waals surface area (Å²) >= 11 is 0. The number of hydrogen-bond donors (Lipinski definition) is 1. The summed E-state index contributed by atoms with van der Waals surface area (Å²) in [6, 6.07) is 4.51. The normalized spacial score (nSPS) is 16.3. The molecule has 0 aliphatic heterocycles. The Kier molecular flexibility index (Phi) is 3.40. The van der Waals surface area contributed by atoms with Crippen LogP contribution in [0.4, 0.5) is 10.1 Å². The Balaban J connectivity index is 1.91. The second-order valence-electron chi connectivity index (χ2n) is 4.87. The molecule has 0 bridgehead atoms. The molecule has 0 spiro atoms. The van der Waals surface area contributed by atoms with E-state index in [0.29, 0.717) is 23.9 Å². The quantitative estimate of drug-likeness (QED) is 0.850. The van der Waals surface area contributed by atoms with Crippen LogP contribution < -0.4 is 5.73 Å². The van der Waals surface area contributed by atoms with Gasteiger partial charge >= 0.3 is 0 Å². The van der Waals surface area contributed by atoms with Crippen molar-refractivity contribution in [3.8, 4) is 11.5 Å². The van der Waals surface area contributed by atoms with Gasteiger partial charge in [0.05, 0.1) is 11.3 Å². The Hall–Kier alpha value is -1.95. The van der Waals surface area contributed by atoms with Gasteiger partial charge in [0, 0.05) is 6.61 Å². The zero-order chi connectivity index (χ0) is 14.1. The molecule has 1 aromatic carbocycles. The molecule has 1 aliphatic carbocycles. The van der Waals surface area contributed by atoms with Crippen LogP contribution in [0.1, 0.15) is 31.7 Å². The molecule has 1 aromatic heterocycles. The molecule has 1 aliphatic rings. The maximum absolute atomic E-state index is 13.4. The molecule has 3 rings (SSSR count). The second-order valence-corrected chi connectivity index (χ2v) is 4.87. The van der Waals surface area contributed by atoms with Gasteiger partial charge in [-0.05, 0) is 37.8 Å². The van der Waals surface area contributed by atoms with Crippen molar-refractivity contribution in [2.24, 2.45) is 5.92 Å². The number of ether oxygens (including phenoxy) is 1. The standard InChI is InChI=1S/C14H16FN3O2/c1-2-19-12(8-6-7-8)13-17-14(20-18-13)9-4-3-5-10(15)11(9)16/h3-5,8,12H,2,6-7,16H2,1H3. The van der Waals surface area contributed by atoms with Gasteiger partial charge < -0.3 is 15.0 Å². The molecule has 2 N–H and O–H groups in total. The Bertz CT molecular complexity index is 610. The van der Waals surface area contributed by atoms with Crippen LogP contribution in [-0.4, -0.2) is 16.7 Å². The number of aromatic nitrogens is 2. The summed E-state index contributed by atoms with van der Waals surface area (Å²) in [5.41, 5.74) is 6.12. The first-order valence-electron chi connectivity index (χ1n) is 6.70. The van der Waals surface area contributed by atoms with E-state index >= 15 is 0 Å². The van der Waals surface area contributed by atoms with Crippen LogP contribution in [0.5, 0.6) is 0 Å². The van der Waals surface area contributed by atoms with Gasteiger partial charge in [0.2, 0.25) is 5.82 Å². The molecule has 1 atom stereocenters. The molecule has 1 fully saturated rings. The molecular weight excluding hydrogens is 261 g/mol. The molecule has 0 saturated heterocycles. The van der Waals surface area contributed by atoms with Crippen LogP contribution in [0.15, 0.2) is 22.7 Å². The van der Waals surface area contributed by atoms with Crippen molar-refractivity contribution in [3.63, 3.8) is 0 Å². The lowest BCUT2D eigenvalue weighted by Crippen LogP contribution is -2.08. The van der Waals surface area contributed by atoms with Gasteiger partial charge in [-0.1, -0.05) is 11.2 Å². The van der Waals surface area contributed by atoms with E-state index in [0.717, 1.165) is 12.8 Å². The number of rotatable bonds is 5. The molecule has 1 heterocycles. The smallest absolute Gasteiger partial charge is 0.260 e. The fourth-order valence-corrected chi connectivity index (χ4v) is 2.18. The number of para-hydroxylation sites is 1. The van der Waals surface area contributed by atoms with Gasteiger partial charge in [-0.2, -0.15) is 4.98 Å². The molecular formula is C14H16FN3O2. The predicted octanol–water partition coefficient (Wildman–Crippen LogP) is 2.95. The molecule has 5 nitrogen and oxygen atoms in total. The molecule has 0 radical (unpaired) electrons. The Morgan fingerprint density at radius 1 is 1.50 bits per heavy atom. The highest BCUT2D eigenvalue weighted by Crippen LogP contribution is 2.42. The van der Waals surface area contributed by atoms with Gasteiger partial charge in [-0.25, -0.2) is 4.39 Å². The third-order valence-corrected chi connectivity index (χ3v) is 3.38. The number of nitrogens with zero attached hydrogens (tertiary/aromatic N) is 2. The number of anilines is 1. The maximum Gasteiger partial charge on any atom is 0.260 e. The van der Waals surface area contributed by atoms with Gasteiger partial charge in [0.1, 0.15) is 11.9 Å². The monoisotopic (exact) mass is 277 g/mol. The zero-order valence-electron chi connectivity index (χ0n) is 11.2. The third-order valence-electron chi connectivity index (χ3n) is 3.38.